The summed E-state index contributed by atoms with van der Waals surface area (Å²) < 4.78 is 45.4. The van der Waals surface area contributed by atoms with E-state index < -0.39 is 23.6 Å². The summed E-state index contributed by atoms with van der Waals surface area (Å²) in [6, 6.07) is 11.6. The van der Waals surface area contributed by atoms with Gasteiger partial charge in [0.25, 0.3) is 5.91 Å². The Balaban J connectivity index is 1.78. The van der Waals surface area contributed by atoms with Gasteiger partial charge in [-0.2, -0.15) is 13.2 Å². The lowest BCUT2D eigenvalue weighted by atomic mass is 9.74. The minimum atomic E-state index is -4.54. The Morgan fingerprint density at radius 2 is 1.85 bits per heavy atom. The molecule has 8 heteroatoms. The molecule has 2 aromatic carbocycles. The van der Waals surface area contributed by atoms with Crippen LogP contribution in [0.5, 0.6) is 5.75 Å². The lowest BCUT2D eigenvalue weighted by Gasteiger charge is -2.34. The number of amides is 1. The number of methoxy groups -OCH3 is 1. The highest BCUT2D eigenvalue weighted by Crippen LogP contribution is 2.43. The van der Waals surface area contributed by atoms with Gasteiger partial charge in [0, 0.05) is 40.6 Å². The third-order valence-electron chi connectivity index (χ3n) is 5.92. The standard InChI is InChI=1S/C25H23F3N2O3/c1-14-21(24(32)30-17-9-11-18(33-2)12-10-17)22(23-19(29-14)7-4-8-20(23)31)15-5-3-6-16(13-15)25(26,27)28/h3,5-6,9-13,22,29H,4,7-8H2,1-2H3,(H,30,32)/t22-/m0/s1. The molecule has 0 aromatic heterocycles. The smallest absolute Gasteiger partial charge is 0.416 e. The largest absolute Gasteiger partial charge is 0.497 e. The van der Waals surface area contributed by atoms with Crippen LogP contribution in [0.3, 0.4) is 0 Å². The van der Waals surface area contributed by atoms with Crippen LogP contribution in [-0.2, 0) is 15.8 Å². The number of anilines is 1. The Labute approximate surface area is 189 Å². The number of Topliss-reactive ketones (excluding diaryl/α,β-unsaturated/α-hetero) is 1. The third-order valence-corrected chi connectivity index (χ3v) is 5.92. The first-order valence-corrected chi connectivity index (χ1v) is 10.6. The fourth-order valence-corrected chi connectivity index (χ4v) is 4.38. The molecule has 2 aliphatic rings. The van der Waals surface area contributed by atoms with E-state index in [2.05, 4.69) is 10.6 Å². The molecule has 0 unspecified atom stereocenters. The van der Waals surface area contributed by atoms with Gasteiger partial charge in [-0.25, -0.2) is 0 Å². The summed E-state index contributed by atoms with van der Waals surface area (Å²) in [5, 5.41) is 5.96. The van der Waals surface area contributed by atoms with Crippen LogP contribution < -0.4 is 15.4 Å². The van der Waals surface area contributed by atoms with Gasteiger partial charge in [-0.3, -0.25) is 9.59 Å². The highest BCUT2D eigenvalue weighted by Gasteiger charge is 2.39. The van der Waals surface area contributed by atoms with Crippen LogP contribution >= 0.6 is 0 Å². The zero-order valence-electron chi connectivity index (χ0n) is 18.2. The number of rotatable bonds is 4. The summed E-state index contributed by atoms with van der Waals surface area (Å²) in [5.74, 6) is -0.923. The maximum Gasteiger partial charge on any atom is 0.416 e. The SMILES string of the molecule is COc1ccc(NC(=O)C2=C(C)NC3=C(C(=O)CCC3)[C@H]2c2cccc(C(F)(F)F)c2)cc1. The fraction of sp³-hybridized carbons (Fsp3) is 0.280. The molecule has 4 rings (SSSR count). The second-order valence-corrected chi connectivity index (χ2v) is 8.07. The number of halogens is 3. The first kappa shape index (κ1) is 22.6. The van der Waals surface area contributed by atoms with Crippen LogP contribution in [0.4, 0.5) is 18.9 Å². The van der Waals surface area contributed by atoms with Gasteiger partial charge in [-0.1, -0.05) is 18.2 Å². The van der Waals surface area contributed by atoms with Crippen LogP contribution in [0.1, 0.15) is 43.2 Å². The molecule has 1 amide bonds. The molecule has 0 radical (unpaired) electrons. The van der Waals surface area contributed by atoms with Crippen molar-refractivity contribution in [1.82, 2.24) is 5.32 Å². The summed E-state index contributed by atoms with van der Waals surface area (Å²) in [5.41, 5.74) is 1.71. The monoisotopic (exact) mass is 456 g/mol. The molecule has 172 valence electrons. The van der Waals surface area contributed by atoms with Gasteiger partial charge < -0.3 is 15.4 Å². The number of allylic oxidation sites excluding steroid dienone is 3. The maximum atomic E-state index is 13.4. The van der Waals surface area contributed by atoms with Gasteiger partial charge in [0.1, 0.15) is 5.75 Å². The van der Waals surface area contributed by atoms with Gasteiger partial charge in [0.15, 0.2) is 5.78 Å². The average Bonchev–Trinajstić information content (AvgIpc) is 2.78. The zero-order chi connectivity index (χ0) is 23.8. The van der Waals surface area contributed by atoms with Crippen molar-refractivity contribution in [3.8, 4) is 5.75 Å². The maximum absolute atomic E-state index is 13.4. The summed E-state index contributed by atoms with van der Waals surface area (Å²) in [6.45, 7) is 1.70. The van der Waals surface area contributed by atoms with E-state index in [9.17, 15) is 22.8 Å². The molecule has 0 saturated heterocycles. The fourth-order valence-electron chi connectivity index (χ4n) is 4.38. The van der Waals surface area contributed by atoms with Crippen LogP contribution in [0, 0.1) is 0 Å². The van der Waals surface area contributed by atoms with E-state index in [-0.39, 0.29) is 16.9 Å². The molecule has 2 N–H and O–H groups in total. The van der Waals surface area contributed by atoms with E-state index in [0.717, 1.165) is 12.1 Å². The number of hydrogen-bond acceptors (Lipinski definition) is 4. The second-order valence-electron chi connectivity index (χ2n) is 8.07. The Morgan fingerprint density at radius 1 is 1.12 bits per heavy atom. The van der Waals surface area contributed by atoms with Crippen molar-refractivity contribution in [2.45, 2.75) is 38.3 Å². The van der Waals surface area contributed by atoms with Crippen molar-refractivity contribution < 1.29 is 27.5 Å². The van der Waals surface area contributed by atoms with Gasteiger partial charge in [-0.05, 0) is 55.7 Å². The predicted octanol–water partition coefficient (Wildman–Crippen LogP) is 5.32. The molecule has 1 aliphatic carbocycles. The van der Waals surface area contributed by atoms with E-state index in [0.29, 0.717) is 47.7 Å². The van der Waals surface area contributed by atoms with Gasteiger partial charge in [0.2, 0.25) is 0 Å². The van der Waals surface area contributed by atoms with Gasteiger partial charge in [0.05, 0.1) is 12.7 Å². The molecule has 0 fully saturated rings. The molecule has 33 heavy (non-hydrogen) atoms. The van der Waals surface area contributed by atoms with E-state index in [1.54, 1.807) is 31.2 Å². The highest BCUT2D eigenvalue weighted by molar-refractivity contribution is 6.09. The highest BCUT2D eigenvalue weighted by atomic mass is 19.4. The number of nitrogens with one attached hydrogen (secondary N) is 2. The zero-order valence-corrected chi connectivity index (χ0v) is 18.2. The molecule has 5 nitrogen and oxygen atoms in total. The topological polar surface area (TPSA) is 67.4 Å². The third kappa shape index (κ3) is 4.51. The lowest BCUT2D eigenvalue weighted by molar-refractivity contribution is -0.137. The first-order valence-electron chi connectivity index (χ1n) is 10.6. The van der Waals surface area contributed by atoms with E-state index in [1.165, 1.54) is 19.2 Å². The lowest BCUT2D eigenvalue weighted by Crippen LogP contribution is -2.35. The number of dihydropyridines is 1. The first-order chi connectivity index (χ1) is 15.7. The molecule has 0 spiro atoms. The van der Waals surface area contributed by atoms with Crippen molar-refractivity contribution in [2.75, 3.05) is 12.4 Å². The van der Waals surface area contributed by atoms with Crippen LogP contribution in [0.25, 0.3) is 0 Å². The van der Waals surface area contributed by atoms with Crippen molar-refractivity contribution >= 4 is 17.4 Å². The minimum absolute atomic E-state index is 0.159. The summed E-state index contributed by atoms with van der Waals surface area (Å²) in [6.07, 6.45) is -2.99. The molecular formula is C25H23F3N2O3. The number of ketones is 1. The average molecular weight is 456 g/mol. The molecule has 1 aliphatic heterocycles. The van der Waals surface area contributed by atoms with Crippen molar-refractivity contribution in [1.29, 1.82) is 0 Å². The summed E-state index contributed by atoms with van der Waals surface area (Å²) in [4.78, 5) is 26.3. The van der Waals surface area contributed by atoms with Crippen molar-refractivity contribution in [2.24, 2.45) is 0 Å². The Bertz CT molecular complexity index is 1160. The normalized spacial score (nSPS) is 18.6. The van der Waals surface area contributed by atoms with Gasteiger partial charge >= 0.3 is 6.18 Å². The molecule has 0 bridgehead atoms. The Morgan fingerprint density at radius 3 is 2.52 bits per heavy atom. The van der Waals surface area contributed by atoms with Crippen LogP contribution in [-0.4, -0.2) is 18.8 Å². The molecule has 1 heterocycles. The summed E-state index contributed by atoms with van der Waals surface area (Å²) in [7, 11) is 1.53. The number of benzene rings is 2. The van der Waals surface area contributed by atoms with E-state index in [1.807, 2.05) is 0 Å². The van der Waals surface area contributed by atoms with Crippen LogP contribution in [0.15, 0.2) is 71.1 Å². The minimum Gasteiger partial charge on any atom is -0.497 e. The number of carbonyl (C=O) groups is 2. The van der Waals surface area contributed by atoms with Gasteiger partial charge in [-0.15, -0.1) is 0 Å². The number of carbonyl (C=O) groups excluding carboxylic acids is 2. The number of alkyl halides is 3. The predicted molar refractivity (Wildman–Crippen MR) is 118 cm³/mol. The number of hydrogen-bond donors (Lipinski definition) is 2. The number of ether oxygens (including phenoxy) is 1. The van der Waals surface area contributed by atoms with Crippen molar-refractivity contribution in [3.05, 3.63) is 82.2 Å². The van der Waals surface area contributed by atoms with E-state index >= 15 is 0 Å². The quantitative estimate of drug-likeness (QED) is 0.654. The van der Waals surface area contributed by atoms with Crippen LogP contribution in [0.2, 0.25) is 0 Å². The molecule has 2 aromatic rings. The molecule has 0 saturated carbocycles. The Hall–Kier alpha value is -3.55. The Kier molecular flexibility index (Phi) is 6.01. The second kappa shape index (κ2) is 8.77. The molecule has 1 atom stereocenters. The molecular weight excluding hydrogens is 433 g/mol. The van der Waals surface area contributed by atoms with Crippen molar-refractivity contribution in [3.63, 3.8) is 0 Å². The van der Waals surface area contributed by atoms with E-state index in [4.69, 9.17) is 4.74 Å². The summed E-state index contributed by atoms with van der Waals surface area (Å²) >= 11 is 0.